The molecule has 2 atom stereocenters. The predicted molar refractivity (Wildman–Crippen MR) is 86.9 cm³/mol. The Labute approximate surface area is 126 Å². The number of nitrogens with one attached hydrogen (secondary N) is 2. The lowest BCUT2D eigenvalue weighted by Gasteiger charge is -2.18. The average molecular weight is 291 g/mol. The molecule has 1 saturated carbocycles. The van der Waals surface area contributed by atoms with E-state index in [2.05, 4.69) is 17.6 Å². The lowest BCUT2D eigenvalue weighted by atomic mass is 10.0. The molecule has 1 aromatic rings. The number of rotatable bonds is 5. The fourth-order valence-corrected chi connectivity index (χ4v) is 2.97. The van der Waals surface area contributed by atoms with Crippen molar-refractivity contribution in [3.8, 4) is 0 Å². The van der Waals surface area contributed by atoms with Crippen LogP contribution in [0.3, 0.4) is 0 Å². The molecule has 1 aliphatic carbocycles. The molecule has 1 fully saturated rings. The van der Waals surface area contributed by atoms with Crippen LogP contribution in [0.2, 0.25) is 0 Å². The van der Waals surface area contributed by atoms with E-state index in [9.17, 15) is 10.1 Å². The number of anilines is 2. The maximum absolute atomic E-state index is 11.0. The molecule has 0 spiro atoms. The van der Waals surface area contributed by atoms with Crippen molar-refractivity contribution in [2.24, 2.45) is 5.92 Å². The SMILES string of the molecule is CCNc1cc(NC2CCCC(C)CC2)cc([N+](=O)[O-])c1. The van der Waals surface area contributed by atoms with Gasteiger partial charge in [-0.2, -0.15) is 0 Å². The van der Waals surface area contributed by atoms with Gasteiger partial charge in [-0.1, -0.05) is 19.8 Å². The van der Waals surface area contributed by atoms with Crippen molar-refractivity contribution in [3.63, 3.8) is 0 Å². The van der Waals surface area contributed by atoms with Crippen molar-refractivity contribution < 1.29 is 4.92 Å². The predicted octanol–water partition coefficient (Wildman–Crippen LogP) is 4.41. The summed E-state index contributed by atoms with van der Waals surface area (Å²) >= 11 is 0. The molecular formula is C16H25N3O2. The van der Waals surface area contributed by atoms with E-state index in [0.29, 0.717) is 6.04 Å². The van der Waals surface area contributed by atoms with Crippen LogP contribution in [0.1, 0.15) is 46.0 Å². The molecule has 0 amide bonds. The highest BCUT2D eigenvalue weighted by atomic mass is 16.6. The molecule has 2 rings (SSSR count). The largest absolute Gasteiger partial charge is 0.385 e. The second-order valence-electron chi connectivity index (χ2n) is 6.01. The van der Waals surface area contributed by atoms with Crippen LogP contribution in [-0.2, 0) is 0 Å². The van der Waals surface area contributed by atoms with Gasteiger partial charge in [0.1, 0.15) is 0 Å². The van der Waals surface area contributed by atoms with Crippen LogP contribution in [0.5, 0.6) is 0 Å². The first-order chi connectivity index (χ1) is 10.1. The minimum Gasteiger partial charge on any atom is -0.385 e. The maximum atomic E-state index is 11.0. The zero-order chi connectivity index (χ0) is 15.2. The zero-order valence-corrected chi connectivity index (χ0v) is 12.9. The summed E-state index contributed by atoms with van der Waals surface area (Å²) in [4.78, 5) is 10.7. The van der Waals surface area contributed by atoms with E-state index in [1.165, 1.54) is 19.3 Å². The molecule has 0 aromatic heterocycles. The standard InChI is InChI=1S/C16H25N3O2/c1-3-17-14-9-15(11-16(10-14)19(20)21)18-13-6-4-5-12(2)7-8-13/h9-13,17-18H,3-8H2,1-2H3. The van der Waals surface area contributed by atoms with Gasteiger partial charge >= 0.3 is 0 Å². The third-order valence-corrected chi connectivity index (χ3v) is 4.14. The van der Waals surface area contributed by atoms with Crippen LogP contribution in [0.15, 0.2) is 18.2 Å². The van der Waals surface area contributed by atoms with Gasteiger partial charge in [-0.15, -0.1) is 0 Å². The lowest BCUT2D eigenvalue weighted by Crippen LogP contribution is -2.18. The summed E-state index contributed by atoms with van der Waals surface area (Å²) in [6.07, 6.45) is 6.03. The van der Waals surface area contributed by atoms with Crippen molar-refractivity contribution >= 4 is 17.1 Å². The minimum atomic E-state index is -0.332. The molecule has 1 aliphatic rings. The van der Waals surface area contributed by atoms with E-state index in [4.69, 9.17) is 0 Å². The number of non-ortho nitro benzene ring substituents is 1. The van der Waals surface area contributed by atoms with Crippen LogP contribution in [0.25, 0.3) is 0 Å². The van der Waals surface area contributed by atoms with Gasteiger partial charge in [0.25, 0.3) is 5.69 Å². The Kier molecular flexibility index (Phi) is 5.42. The monoisotopic (exact) mass is 291 g/mol. The van der Waals surface area contributed by atoms with Crippen LogP contribution in [0.4, 0.5) is 17.1 Å². The molecular weight excluding hydrogens is 266 g/mol. The van der Waals surface area contributed by atoms with Crippen molar-refractivity contribution in [2.45, 2.75) is 52.0 Å². The molecule has 0 aliphatic heterocycles. The second-order valence-corrected chi connectivity index (χ2v) is 6.01. The summed E-state index contributed by atoms with van der Waals surface area (Å²) in [6, 6.07) is 5.61. The molecule has 0 saturated heterocycles. The highest BCUT2D eigenvalue weighted by molar-refractivity contribution is 5.63. The fraction of sp³-hybridized carbons (Fsp3) is 0.625. The summed E-state index contributed by atoms with van der Waals surface area (Å²) in [5, 5.41) is 17.7. The highest BCUT2D eigenvalue weighted by Crippen LogP contribution is 2.28. The summed E-state index contributed by atoms with van der Waals surface area (Å²) in [6.45, 7) is 5.04. The third kappa shape index (κ3) is 4.62. The quantitative estimate of drug-likeness (QED) is 0.479. The first-order valence-electron chi connectivity index (χ1n) is 7.88. The van der Waals surface area contributed by atoms with Gasteiger partial charge in [0.2, 0.25) is 0 Å². The first kappa shape index (κ1) is 15.6. The van der Waals surface area contributed by atoms with E-state index >= 15 is 0 Å². The molecule has 2 N–H and O–H groups in total. The number of nitro groups is 1. The number of nitrogens with zero attached hydrogens (tertiary/aromatic N) is 1. The van der Waals surface area contributed by atoms with Gasteiger partial charge in [-0.3, -0.25) is 10.1 Å². The normalized spacial score (nSPS) is 22.4. The van der Waals surface area contributed by atoms with E-state index in [1.54, 1.807) is 12.1 Å². The Balaban J connectivity index is 2.12. The average Bonchev–Trinajstić information content (AvgIpc) is 2.64. The second kappa shape index (κ2) is 7.29. The summed E-state index contributed by atoms with van der Waals surface area (Å²) < 4.78 is 0. The molecule has 2 unspecified atom stereocenters. The molecule has 0 bridgehead atoms. The Morgan fingerprint density at radius 1 is 1.19 bits per heavy atom. The van der Waals surface area contributed by atoms with Gasteiger partial charge in [0, 0.05) is 36.1 Å². The molecule has 5 nitrogen and oxygen atoms in total. The van der Waals surface area contributed by atoms with E-state index in [0.717, 1.165) is 36.7 Å². The van der Waals surface area contributed by atoms with E-state index in [-0.39, 0.29) is 10.6 Å². The molecule has 0 radical (unpaired) electrons. The van der Waals surface area contributed by atoms with Gasteiger partial charge < -0.3 is 10.6 Å². The van der Waals surface area contributed by atoms with Gasteiger partial charge in [0.15, 0.2) is 0 Å². The number of nitro benzene ring substituents is 1. The summed E-state index contributed by atoms with van der Waals surface area (Å²) in [5.41, 5.74) is 1.79. The number of hydrogen-bond acceptors (Lipinski definition) is 4. The first-order valence-corrected chi connectivity index (χ1v) is 7.88. The smallest absolute Gasteiger partial charge is 0.273 e. The Hall–Kier alpha value is -1.78. The Morgan fingerprint density at radius 2 is 1.95 bits per heavy atom. The third-order valence-electron chi connectivity index (χ3n) is 4.14. The van der Waals surface area contributed by atoms with Crippen LogP contribution < -0.4 is 10.6 Å². The zero-order valence-electron chi connectivity index (χ0n) is 12.9. The van der Waals surface area contributed by atoms with E-state index < -0.39 is 0 Å². The Bertz CT molecular complexity index is 490. The van der Waals surface area contributed by atoms with Crippen LogP contribution in [-0.4, -0.2) is 17.5 Å². The van der Waals surface area contributed by atoms with Crippen LogP contribution in [0, 0.1) is 16.0 Å². The molecule has 1 aromatic carbocycles. The van der Waals surface area contributed by atoms with Crippen LogP contribution >= 0.6 is 0 Å². The molecule has 5 heteroatoms. The highest BCUT2D eigenvalue weighted by Gasteiger charge is 2.17. The van der Waals surface area contributed by atoms with Gasteiger partial charge in [-0.25, -0.2) is 0 Å². The van der Waals surface area contributed by atoms with Gasteiger partial charge in [0.05, 0.1) is 4.92 Å². The molecule has 116 valence electrons. The van der Waals surface area contributed by atoms with Gasteiger partial charge in [-0.05, 0) is 38.2 Å². The molecule has 0 heterocycles. The Morgan fingerprint density at radius 3 is 2.67 bits per heavy atom. The number of benzene rings is 1. The van der Waals surface area contributed by atoms with Crippen molar-refractivity contribution in [3.05, 3.63) is 28.3 Å². The lowest BCUT2D eigenvalue weighted by molar-refractivity contribution is -0.384. The topological polar surface area (TPSA) is 67.2 Å². The van der Waals surface area contributed by atoms with Crippen molar-refractivity contribution in [1.29, 1.82) is 0 Å². The van der Waals surface area contributed by atoms with E-state index in [1.807, 2.05) is 13.0 Å². The number of hydrogen-bond donors (Lipinski definition) is 2. The fourth-order valence-electron chi connectivity index (χ4n) is 2.97. The van der Waals surface area contributed by atoms with Crippen molar-refractivity contribution in [2.75, 3.05) is 17.2 Å². The van der Waals surface area contributed by atoms with Crippen molar-refractivity contribution in [1.82, 2.24) is 0 Å². The summed E-state index contributed by atoms with van der Waals surface area (Å²) in [7, 11) is 0. The maximum Gasteiger partial charge on any atom is 0.273 e. The molecule has 21 heavy (non-hydrogen) atoms. The minimum absolute atomic E-state index is 0.137. The summed E-state index contributed by atoms with van der Waals surface area (Å²) in [5.74, 6) is 0.791.